The quantitative estimate of drug-likeness (QED) is 0.332. The Morgan fingerprint density at radius 2 is 2.23 bits per heavy atom. The molecule has 0 aliphatic rings. The van der Waals surface area contributed by atoms with Crippen molar-refractivity contribution in [1.29, 1.82) is 0 Å². The number of carbonyl (C=O) groups excluding carboxylic acids is 1. The van der Waals surface area contributed by atoms with Crippen molar-refractivity contribution < 1.29 is 9.53 Å². The van der Waals surface area contributed by atoms with E-state index in [1.54, 1.807) is 12.3 Å². The molecule has 2 aromatic rings. The van der Waals surface area contributed by atoms with E-state index in [1.807, 2.05) is 42.1 Å². The van der Waals surface area contributed by atoms with Crippen LogP contribution in [0.25, 0.3) is 0 Å². The van der Waals surface area contributed by atoms with Crippen LogP contribution in [0, 0.1) is 0 Å². The van der Waals surface area contributed by atoms with Gasteiger partial charge in [0.2, 0.25) is 0 Å². The average molecular weight is 358 g/mol. The summed E-state index contributed by atoms with van der Waals surface area (Å²) >= 11 is 0. The van der Waals surface area contributed by atoms with Crippen LogP contribution in [0.4, 0.5) is 0 Å². The van der Waals surface area contributed by atoms with Crippen LogP contribution < -0.4 is 21.1 Å². The van der Waals surface area contributed by atoms with Crippen molar-refractivity contribution in [3.8, 4) is 5.75 Å². The number of amides is 1. The molecular formula is C18H26N6O2. The molecule has 8 heteroatoms. The van der Waals surface area contributed by atoms with Gasteiger partial charge < -0.3 is 21.1 Å². The van der Waals surface area contributed by atoms with Crippen LogP contribution in [-0.4, -0.2) is 41.3 Å². The van der Waals surface area contributed by atoms with Crippen molar-refractivity contribution in [1.82, 2.24) is 20.4 Å². The number of benzene rings is 1. The van der Waals surface area contributed by atoms with E-state index >= 15 is 0 Å². The van der Waals surface area contributed by atoms with Gasteiger partial charge in [-0.1, -0.05) is 12.1 Å². The van der Waals surface area contributed by atoms with Gasteiger partial charge in [-0.3, -0.25) is 9.48 Å². The van der Waals surface area contributed by atoms with E-state index in [9.17, 15) is 4.79 Å². The van der Waals surface area contributed by atoms with Crippen LogP contribution in [0.5, 0.6) is 5.75 Å². The summed E-state index contributed by atoms with van der Waals surface area (Å²) in [4.78, 5) is 15.4. The molecule has 1 heterocycles. The average Bonchev–Trinajstić information content (AvgIpc) is 3.15. The van der Waals surface area contributed by atoms with Crippen molar-refractivity contribution >= 4 is 11.9 Å². The molecule has 0 atom stereocenters. The maximum absolute atomic E-state index is 10.8. The number of hydrogen-bond acceptors (Lipinski definition) is 4. The van der Waals surface area contributed by atoms with Gasteiger partial charge in [0.25, 0.3) is 5.91 Å². The van der Waals surface area contributed by atoms with E-state index in [-0.39, 0.29) is 6.61 Å². The lowest BCUT2D eigenvalue weighted by Crippen LogP contribution is -2.38. The zero-order valence-electron chi connectivity index (χ0n) is 15.0. The number of ether oxygens (including phenoxy) is 1. The van der Waals surface area contributed by atoms with Gasteiger partial charge in [0.05, 0.1) is 6.54 Å². The number of aromatic nitrogens is 2. The minimum Gasteiger partial charge on any atom is -0.484 e. The number of aliphatic imine (C=N–C) groups is 1. The second-order valence-corrected chi connectivity index (χ2v) is 5.65. The van der Waals surface area contributed by atoms with Crippen molar-refractivity contribution in [3.63, 3.8) is 0 Å². The van der Waals surface area contributed by atoms with Gasteiger partial charge in [-0.15, -0.1) is 0 Å². The molecule has 0 radical (unpaired) electrons. The van der Waals surface area contributed by atoms with Crippen LogP contribution in [0.15, 0.2) is 47.7 Å². The number of primary amides is 1. The first-order valence-corrected chi connectivity index (χ1v) is 8.67. The summed E-state index contributed by atoms with van der Waals surface area (Å²) in [5.74, 6) is 0.868. The number of aryl methyl sites for hydroxylation is 1. The molecule has 1 amide bonds. The first kappa shape index (κ1) is 19.3. The molecule has 0 saturated heterocycles. The fraction of sp³-hybridized carbons (Fsp3) is 0.389. The second kappa shape index (κ2) is 10.8. The number of nitrogens with zero attached hydrogens (tertiary/aromatic N) is 3. The summed E-state index contributed by atoms with van der Waals surface area (Å²) in [6.07, 6.45) is 4.68. The Hall–Kier alpha value is -3.03. The Labute approximate surface area is 153 Å². The third-order valence-corrected chi connectivity index (χ3v) is 3.46. The highest BCUT2D eigenvalue weighted by Crippen LogP contribution is 2.13. The number of guanidine groups is 1. The van der Waals surface area contributed by atoms with Crippen LogP contribution in [0.3, 0.4) is 0 Å². The summed E-state index contributed by atoms with van der Waals surface area (Å²) < 4.78 is 7.22. The van der Waals surface area contributed by atoms with Gasteiger partial charge in [-0.05, 0) is 37.1 Å². The van der Waals surface area contributed by atoms with Gasteiger partial charge in [0, 0.05) is 32.0 Å². The highest BCUT2D eigenvalue weighted by molar-refractivity contribution is 5.79. The van der Waals surface area contributed by atoms with E-state index in [4.69, 9.17) is 10.5 Å². The fourth-order valence-corrected chi connectivity index (χ4v) is 2.28. The zero-order chi connectivity index (χ0) is 18.6. The summed E-state index contributed by atoms with van der Waals surface area (Å²) in [5, 5.41) is 10.7. The zero-order valence-corrected chi connectivity index (χ0v) is 15.0. The van der Waals surface area contributed by atoms with Crippen molar-refractivity contribution in [2.45, 2.75) is 26.4 Å². The number of carbonyl (C=O) groups is 1. The molecule has 140 valence electrons. The monoisotopic (exact) mass is 358 g/mol. The number of nitrogens with two attached hydrogens (primary N) is 1. The lowest BCUT2D eigenvalue weighted by Gasteiger charge is -2.11. The number of nitrogens with one attached hydrogen (secondary N) is 2. The highest BCUT2D eigenvalue weighted by atomic mass is 16.5. The smallest absolute Gasteiger partial charge is 0.255 e. The van der Waals surface area contributed by atoms with E-state index in [0.717, 1.165) is 37.6 Å². The molecule has 0 spiro atoms. The summed E-state index contributed by atoms with van der Waals surface area (Å²) in [5.41, 5.74) is 6.08. The Morgan fingerprint density at radius 1 is 1.35 bits per heavy atom. The van der Waals surface area contributed by atoms with E-state index in [0.29, 0.717) is 12.3 Å². The first-order valence-electron chi connectivity index (χ1n) is 8.67. The summed E-state index contributed by atoms with van der Waals surface area (Å²) in [7, 11) is 0. The van der Waals surface area contributed by atoms with Crippen LogP contribution in [0.2, 0.25) is 0 Å². The van der Waals surface area contributed by atoms with E-state index < -0.39 is 5.91 Å². The molecule has 4 N–H and O–H groups in total. The number of rotatable bonds is 10. The standard InChI is InChI=1S/C18H26N6O2/c1-2-20-18(21-8-4-10-24-11-5-9-23-24)22-13-15-6-3-7-16(12-15)26-14-17(19)25/h3,5-7,9,11-12H,2,4,8,10,13-14H2,1H3,(H2,19,25)(H2,20,21,22). The molecule has 1 aromatic carbocycles. The molecule has 2 rings (SSSR count). The molecule has 0 bridgehead atoms. The molecule has 8 nitrogen and oxygen atoms in total. The third-order valence-electron chi connectivity index (χ3n) is 3.46. The predicted octanol–water partition coefficient (Wildman–Crippen LogP) is 0.893. The lowest BCUT2D eigenvalue weighted by atomic mass is 10.2. The van der Waals surface area contributed by atoms with Crippen molar-refractivity contribution in [2.24, 2.45) is 10.7 Å². The minimum absolute atomic E-state index is 0.132. The van der Waals surface area contributed by atoms with Gasteiger partial charge in [-0.2, -0.15) is 5.10 Å². The largest absolute Gasteiger partial charge is 0.484 e. The molecule has 26 heavy (non-hydrogen) atoms. The Kier molecular flexibility index (Phi) is 7.98. The van der Waals surface area contributed by atoms with Crippen LogP contribution in [-0.2, 0) is 17.9 Å². The van der Waals surface area contributed by atoms with Crippen molar-refractivity contribution in [2.75, 3.05) is 19.7 Å². The topological polar surface area (TPSA) is 107 Å². The fourth-order valence-electron chi connectivity index (χ4n) is 2.28. The molecule has 0 aliphatic carbocycles. The third kappa shape index (κ3) is 7.25. The second-order valence-electron chi connectivity index (χ2n) is 5.65. The molecule has 0 fully saturated rings. The minimum atomic E-state index is -0.498. The molecule has 0 aliphatic heterocycles. The van der Waals surface area contributed by atoms with Gasteiger partial charge in [0.1, 0.15) is 5.75 Å². The Balaban J connectivity index is 1.83. The first-order chi connectivity index (χ1) is 12.7. The Bertz CT molecular complexity index is 699. The maximum atomic E-state index is 10.8. The molecular weight excluding hydrogens is 332 g/mol. The van der Waals surface area contributed by atoms with Gasteiger partial charge >= 0.3 is 0 Å². The lowest BCUT2D eigenvalue weighted by molar-refractivity contribution is -0.119. The van der Waals surface area contributed by atoms with E-state index in [1.165, 1.54) is 0 Å². The summed E-state index contributed by atoms with van der Waals surface area (Å²) in [6.45, 7) is 4.84. The maximum Gasteiger partial charge on any atom is 0.255 e. The van der Waals surface area contributed by atoms with E-state index in [2.05, 4.69) is 20.7 Å². The van der Waals surface area contributed by atoms with Crippen LogP contribution >= 0.6 is 0 Å². The molecule has 1 aromatic heterocycles. The highest BCUT2D eigenvalue weighted by Gasteiger charge is 2.01. The molecule has 0 saturated carbocycles. The van der Waals surface area contributed by atoms with Gasteiger partial charge in [0.15, 0.2) is 12.6 Å². The normalized spacial score (nSPS) is 11.2. The number of hydrogen-bond donors (Lipinski definition) is 3. The summed E-state index contributed by atoms with van der Waals surface area (Å²) in [6, 6.07) is 9.39. The van der Waals surface area contributed by atoms with Crippen molar-refractivity contribution in [3.05, 3.63) is 48.3 Å². The Morgan fingerprint density at radius 3 is 2.96 bits per heavy atom. The predicted molar refractivity (Wildman–Crippen MR) is 101 cm³/mol. The van der Waals surface area contributed by atoms with Crippen LogP contribution in [0.1, 0.15) is 18.9 Å². The SMILES string of the molecule is CCNC(=NCc1cccc(OCC(N)=O)c1)NCCCn1cccn1. The molecule has 0 unspecified atom stereocenters. The van der Waals surface area contributed by atoms with Gasteiger partial charge in [-0.25, -0.2) is 4.99 Å².